The van der Waals surface area contributed by atoms with Gasteiger partial charge in [-0.05, 0) is 45.3 Å². The summed E-state index contributed by atoms with van der Waals surface area (Å²) >= 11 is 1.97. The highest BCUT2D eigenvalue weighted by molar-refractivity contribution is 7.99. The molecule has 1 aliphatic rings. The van der Waals surface area contributed by atoms with Crippen LogP contribution in [0.25, 0.3) is 0 Å². The zero-order valence-electron chi connectivity index (χ0n) is 14.5. The number of aromatic nitrogens is 1. The number of nitrogens with zero attached hydrogens (tertiary/aromatic N) is 1. The maximum Gasteiger partial charge on any atom is 0.315 e. The van der Waals surface area contributed by atoms with Gasteiger partial charge in [-0.2, -0.15) is 11.8 Å². The Bertz CT molecular complexity index is 483. The summed E-state index contributed by atoms with van der Waals surface area (Å²) < 4.78 is 5.16. The van der Waals surface area contributed by atoms with Gasteiger partial charge in [-0.1, -0.05) is 24.9 Å². The highest BCUT2D eigenvalue weighted by Gasteiger charge is 2.26. The minimum atomic E-state index is -0.0302. The SMILES string of the molecule is CCS[C@@H]1CCCC[C@@H]1NC(=O)NCCCc1c(C)noc1C. The van der Waals surface area contributed by atoms with Crippen molar-refractivity contribution in [1.82, 2.24) is 15.8 Å². The molecular weight excluding hydrogens is 310 g/mol. The van der Waals surface area contributed by atoms with E-state index in [-0.39, 0.29) is 6.03 Å². The van der Waals surface area contributed by atoms with Crippen LogP contribution in [0.4, 0.5) is 4.79 Å². The zero-order valence-corrected chi connectivity index (χ0v) is 15.3. The largest absolute Gasteiger partial charge is 0.361 e. The van der Waals surface area contributed by atoms with Crippen LogP contribution in [0.3, 0.4) is 0 Å². The summed E-state index contributed by atoms with van der Waals surface area (Å²) in [4.78, 5) is 12.1. The van der Waals surface area contributed by atoms with Crippen LogP contribution in [0, 0.1) is 13.8 Å². The highest BCUT2D eigenvalue weighted by atomic mass is 32.2. The average Bonchev–Trinajstić information content (AvgIpc) is 2.85. The minimum absolute atomic E-state index is 0.0302. The summed E-state index contributed by atoms with van der Waals surface area (Å²) in [5, 5.41) is 10.7. The van der Waals surface area contributed by atoms with Crippen LogP contribution in [0.1, 0.15) is 56.0 Å². The van der Waals surface area contributed by atoms with E-state index in [1.54, 1.807) is 0 Å². The Hall–Kier alpha value is -1.17. The van der Waals surface area contributed by atoms with Crippen LogP contribution in [-0.4, -0.2) is 34.8 Å². The lowest BCUT2D eigenvalue weighted by molar-refractivity contribution is 0.233. The van der Waals surface area contributed by atoms with Gasteiger partial charge in [0.15, 0.2) is 0 Å². The van der Waals surface area contributed by atoms with Crippen LogP contribution in [0.2, 0.25) is 0 Å². The lowest BCUT2D eigenvalue weighted by Crippen LogP contribution is -2.48. The normalized spacial score (nSPS) is 21.2. The zero-order chi connectivity index (χ0) is 16.7. The number of urea groups is 1. The van der Waals surface area contributed by atoms with E-state index in [9.17, 15) is 4.79 Å². The van der Waals surface area contributed by atoms with E-state index in [2.05, 4.69) is 22.7 Å². The molecule has 0 aromatic carbocycles. The summed E-state index contributed by atoms with van der Waals surface area (Å²) in [5.74, 6) is 2.00. The van der Waals surface area contributed by atoms with Crippen molar-refractivity contribution in [1.29, 1.82) is 0 Å². The van der Waals surface area contributed by atoms with Gasteiger partial charge in [0.25, 0.3) is 0 Å². The van der Waals surface area contributed by atoms with Crippen molar-refractivity contribution in [3.05, 3.63) is 17.0 Å². The molecule has 5 nitrogen and oxygen atoms in total. The Morgan fingerprint density at radius 2 is 2.13 bits per heavy atom. The Kier molecular flexibility index (Phi) is 7.27. The van der Waals surface area contributed by atoms with Crippen molar-refractivity contribution < 1.29 is 9.32 Å². The number of hydrogen-bond donors (Lipinski definition) is 2. The lowest BCUT2D eigenvalue weighted by atomic mass is 9.95. The molecule has 0 unspecified atom stereocenters. The molecule has 0 bridgehead atoms. The molecule has 2 atom stereocenters. The minimum Gasteiger partial charge on any atom is -0.361 e. The fraction of sp³-hybridized carbons (Fsp3) is 0.765. The third kappa shape index (κ3) is 5.44. The summed E-state index contributed by atoms with van der Waals surface area (Å²) in [6.07, 6.45) is 6.61. The molecule has 0 spiro atoms. The molecule has 6 heteroatoms. The van der Waals surface area contributed by atoms with E-state index in [4.69, 9.17) is 4.52 Å². The molecule has 1 heterocycles. The molecule has 0 radical (unpaired) electrons. The predicted octanol–water partition coefficient (Wildman–Crippen LogP) is 3.59. The Morgan fingerprint density at radius 1 is 1.35 bits per heavy atom. The predicted molar refractivity (Wildman–Crippen MR) is 95.0 cm³/mol. The average molecular weight is 340 g/mol. The highest BCUT2D eigenvalue weighted by Crippen LogP contribution is 2.28. The van der Waals surface area contributed by atoms with Crippen LogP contribution in [-0.2, 0) is 6.42 Å². The summed E-state index contributed by atoms with van der Waals surface area (Å²) in [5.41, 5.74) is 2.12. The van der Waals surface area contributed by atoms with Gasteiger partial charge in [0.1, 0.15) is 5.76 Å². The maximum atomic E-state index is 12.1. The van der Waals surface area contributed by atoms with E-state index >= 15 is 0 Å². The van der Waals surface area contributed by atoms with E-state index in [0.717, 1.165) is 36.5 Å². The first kappa shape index (κ1) is 18.2. The van der Waals surface area contributed by atoms with Gasteiger partial charge in [-0.25, -0.2) is 4.79 Å². The van der Waals surface area contributed by atoms with Crippen molar-refractivity contribution in [2.45, 2.75) is 70.6 Å². The monoisotopic (exact) mass is 339 g/mol. The molecule has 1 aromatic rings. The summed E-state index contributed by atoms with van der Waals surface area (Å²) in [6, 6.07) is 0.286. The Morgan fingerprint density at radius 3 is 2.83 bits per heavy atom. The van der Waals surface area contributed by atoms with Gasteiger partial charge in [0.2, 0.25) is 0 Å². The van der Waals surface area contributed by atoms with Crippen molar-refractivity contribution in [2.24, 2.45) is 0 Å². The summed E-state index contributed by atoms with van der Waals surface area (Å²) in [7, 11) is 0. The van der Waals surface area contributed by atoms with E-state index in [1.165, 1.54) is 24.8 Å². The van der Waals surface area contributed by atoms with Crippen LogP contribution >= 0.6 is 11.8 Å². The Labute approximate surface area is 143 Å². The van der Waals surface area contributed by atoms with Crippen LogP contribution < -0.4 is 10.6 Å². The first-order valence-electron chi connectivity index (χ1n) is 8.69. The third-order valence-electron chi connectivity index (χ3n) is 4.47. The van der Waals surface area contributed by atoms with Gasteiger partial charge < -0.3 is 15.2 Å². The number of hydrogen-bond acceptors (Lipinski definition) is 4. The molecule has 0 aliphatic heterocycles. The van der Waals surface area contributed by atoms with Gasteiger partial charge >= 0.3 is 6.03 Å². The number of rotatable bonds is 7. The number of thioether (sulfide) groups is 1. The van der Waals surface area contributed by atoms with E-state index in [0.29, 0.717) is 17.8 Å². The molecule has 1 aromatic heterocycles. The first-order chi connectivity index (χ1) is 11.1. The van der Waals surface area contributed by atoms with Gasteiger partial charge in [0, 0.05) is 23.4 Å². The fourth-order valence-corrected chi connectivity index (χ4v) is 4.42. The molecule has 130 valence electrons. The molecule has 2 rings (SSSR count). The van der Waals surface area contributed by atoms with E-state index < -0.39 is 0 Å². The van der Waals surface area contributed by atoms with Crippen molar-refractivity contribution in [2.75, 3.05) is 12.3 Å². The molecule has 1 saturated carbocycles. The summed E-state index contributed by atoms with van der Waals surface area (Å²) in [6.45, 7) is 6.75. The second-order valence-electron chi connectivity index (χ2n) is 6.19. The molecule has 2 N–H and O–H groups in total. The molecule has 2 amide bonds. The second kappa shape index (κ2) is 9.21. The Balaban J connectivity index is 1.68. The topological polar surface area (TPSA) is 67.2 Å². The molecular formula is C17H29N3O2S. The number of carbonyl (C=O) groups is 1. The van der Waals surface area contributed by atoms with Crippen molar-refractivity contribution in [3.63, 3.8) is 0 Å². The number of carbonyl (C=O) groups excluding carboxylic acids is 1. The molecule has 1 fully saturated rings. The number of nitrogens with one attached hydrogen (secondary N) is 2. The molecule has 1 aliphatic carbocycles. The molecule has 0 saturated heterocycles. The number of amides is 2. The van der Waals surface area contributed by atoms with Gasteiger partial charge in [-0.3, -0.25) is 0 Å². The second-order valence-corrected chi connectivity index (χ2v) is 7.71. The quantitative estimate of drug-likeness (QED) is 0.745. The van der Waals surface area contributed by atoms with Gasteiger partial charge in [0.05, 0.1) is 5.69 Å². The fourth-order valence-electron chi connectivity index (χ4n) is 3.22. The van der Waals surface area contributed by atoms with Crippen LogP contribution in [0.15, 0.2) is 4.52 Å². The van der Waals surface area contributed by atoms with E-state index in [1.807, 2.05) is 25.6 Å². The maximum absolute atomic E-state index is 12.1. The third-order valence-corrected chi connectivity index (χ3v) is 5.80. The van der Waals surface area contributed by atoms with Crippen molar-refractivity contribution >= 4 is 17.8 Å². The smallest absolute Gasteiger partial charge is 0.315 e. The van der Waals surface area contributed by atoms with Gasteiger partial charge in [-0.15, -0.1) is 0 Å². The molecule has 23 heavy (non-hydrogen) atoms. The first-order valence-corrected chi connectivity index (χ1v) is 9.74. The van der Waals surface area contributed by atoms with Crippen LogP contribution in [0.5, 0.6) is 0 Å². The lowest BCUT2D eigenvalue weighted by Gasteiger charge is -2.31. The standard InChI is InChI=1S/C17H29N3O2S/c1-4-23-16-10-6-5-9-15(16)19-17(21)18-11-7-8-14-12(2)20-22-13(14)3/h15-16H,4-11H2,1-3H3,(H2,18,19,21)/t15-,16+/m0/s1. The number of aryl methyl sites for hydroxylation is 2. The van der Waals surface area contributed by atoms with Crippen molar-refractivity contribution in [3.8, 4) is 0 Å².